The molecule has 2 rings (SSSR count). The van der Waals surface area contributed by atoms with E-state index in [-0.39, 0.29) is 11.5 Å². The summed E-state index contributed by atoms with van der Waals surface area (Å²) in [5.74, 6) is 0.326. The minimum Gasteiger partial charge on any atom is -0.466 e. The van der Waals surface area contributed by atoms with E-state index in [1.54, 1.807) is 18.5 Å². The molecule has 21 heavy (non-hydrogen) atoms. The van der Waals surface area contributed by atoms with Crippen molar-refractivity contribution >= 4 is 39.3 Å². The highest BCUT2D eigenvalue weighted by Gasteiger charge is 2.15. The zero-order chi connectivity index (χ0) is 15.6. The average molecular weight is 326 g/mol. The summed E-state index contributed by atoms with van der Waals surface area (Å²) in [5.41, 5.74) is 0.978. The van der Waals surface area contributed by atoms with Gasteiger partial charge in [0.15, 0.2) is 5.16 Å². The highest BCUT2D eigenvalue weighted by Crippen LogP contribution is 2.28. The van der Waals surface area contributed by atoms with E-state index in [2.05, 4.69) is 4.98 Å². The van der Waals surface area contributed by atoms with Crippen LogP contribution in [0.15, 0.2) is 9.95 Å². The van der Waals surface area contributed by atoms with Crippen molar-refractivity contribution in [2.75, 3.05) is 12.4 Å². The van der Waals surface area contributed by atoms with Crippen LogP contribution in [0.2, 0.25) is 0 Å². The molecular formula is C14H18N2O3S2. The van der Waals surface area contributed by atoms with Crippen molar-refractivity contribution in [3.8, 4) is 0 Å². The highest BCUT2D eigenvalue weighted by atomic mass is 32.2. The predicted octanol–water partition coefficient (Wildman–Crippen LogP) is 2.66. The molecule has 0 N–H and O–H groups in total. The van der Waals surface area contributed by atoms with Crippen LogP contribution in [0.5, 0.6) is 0 Å². The monoisotopic (exact) mass is 326 g/mol. The normalized spacial score (nSPS) is 11.0. The van der Waals surface area contributed by atoms with Gasteiger partial charge in [0.25, 0.3) is 5.56 Å². The topological polar surface area (TPSA) is 61.2 Å². The molecule has 2 aromatic rings. The third-order valence-electron chi connectivity index (χ3n) is 3.21. The number of rotatable bonds is 5. The van der Waals surface area contributed by atoms with Gasteiger partial charge in [-0.05, 0) is 26.3 Å². The lowest BCUT2D eigenvalue weighted by molar-refractivity contribution is -0.142. The van der Waals surface area contributed by atoms with Crippen LogP contribution in [-0.4, -0.2) is 27.9 Å². The van der Waals surface area contributed by atoms with Gasteiger partial charge in [0.2, 0.25) is 0 Å². The number of ether oxygens (including phenoxy) is 1. The summed E-state index contributed by atoms with van der Waals surface area (Å²) in [6.45, 7) is 6.12. The first-order chi connectivity index (χ1) is 9.95. The van der Waals surface area contributed by atoms with Gasteiger partial charge < -0.3 is 4.74 Å². The van der Waals surface area contributed by atoms with Gasteiger partial charge in [0.1, 0.15) is 4.83 Å². The van der Waals surface area contributed by atoms with Gasteiger partial charge in [-0.2, -0.15) is 0 Å². The standard InChI is InChI=1S/C14H18N2O3S2/c1-5-19-10(17)6-7-20-14-15-12-11(13(18)16(14)4)8(2)9(3)21-12/h5-7H2,1-4H3. The number of thiophene rings is 1. The molecule has 114 valence electrons. The Morgan fingerprint density at radius 3 is 2.81 bits per heavy atom. The summed E-state index contributed by atoms with van der Waals surface area (Å²) in [6.07, 6.45) is 0.314. The molecule has 0 saturated carbocycles. The zero-order valence-electron chi connectivity index (χ0n) is 12.6. The summed E-state index contributed by atoms with van der Waals surface area (Å²) >= 11 is 2.94. The molecule has 0 aliphatic carbocycles. The molecule has 0 unspecified atom stereocenters. The van der Waals surface area contributed by atoms with Crippen molar-refractivity contribution in [1.82, 2.24) is 9.55 Å². The number of hydrogen-bond donors (Lipinski definition) is 0. The number of aryl methyl sites for hydroxylation is 2. The van der Waals surface area contributed by atoms with E-state index in [0.717, 1.165) is 15.3 Å². The van der Waals surface area contributed by atoms with Crippen LogP contribution < -0.4 is 5.56 Å². The summed E-state index contributed by atoms with van der Waals surface area (Å²) < 4.78 is 6.44. The SMILES string of the molecule is CCOC(=O)CCSc1nc2sc(C)c(C)c2c(=O)n1C. The van der Waals surface area contributed by atoms with Crippen LogP contribution >= 0.6 is 23.1 Å². The van der Waals surface area contributed by atoms with Crippen LogP contribution in [0.25, 0.3) is 10.2 Å². The Labute approximate surface area is 131 Å². The van der Waals surface area contributed by atoms with Crippen LogP contribution in [0.3, 0.4) is 0 Å². The van der Waals surface area contributed by atoms with Gasteiger partial charge in [-0.25, -0.2) is 4.98 Å². The maximum atomic E-state index is 12.4. The average Bonchev–Trinajstić information content (AvgIpc) is 2.71. The second-order valence-corrected chi connectivity index (χ2v) is 6.89. The van der Waals surface area contributed by atoms with E-state index < -0.39 is 0 Å². The number of fused-ring (bicyclic) bond motifs is 1. The smallest absolute Gasteiger partial charge is 0.306 e. The fraction of sp³-hybridized carbons (Fsp3) is 0.500. The summed E-state index contributed by atoms with van der Waals surface area (Å²) in [7, 11) is 1.72. The van der Waals surface area contributed by atoms with Gasteiger partial charge in [-0.3, -0.25) is 14.2 Å². The maximum absolute atomic E-state index is 12.4. The molecule has 5 nitrogen and oxygen atoms in total. The Balaban J connectivity index is 2.23. The molecule has 0 aliphatic heterocycles. The quantitative estimate of drug-likeness (QED) is 0.480. The van der Waals surface area contributed by atoms with Crippen molar-refractivity contribution < 1.29 is 9.53 Å². The van der Waals surface area contributed by atoms with E-state index in [9.17, 15) is 9.59 Å². The van der Waals surface area contributed by atoms with Crippen molar-refractivity contribution in [2.24, 2.45) is 7.05 Å². The molecule has 0 aliphatic rings. The molecule has 0 amide bonds. The Bertz CT molecular complexity index is 734. The molecule has 2 aromatic heterocycles. The predicted molar refractivity (Wildman–Crippen MR) is 86.3 cm³/mol. The fourth-order valence-electron chi connectivity index (χ4n) is 1.94. The van der Waals surface area contributed by atoms with Gasteiger partial charge in [-0.1, -0.05) is 11.8 Å². The number of nitrogens with zero attached hydrogens (tertiary/aromatic N) is 2. The third-order valence-corrected chi connectivity index (χ3v) is 5.34. The van der Waals surface area contributed by atoms with Crippen LogP contribution in [0, 0.1) is 13.8 Å². The summed E-state index contributed by atoms with van der Waals surface area (Å²) in [5, 5.41) is 1.34. The van der Waals surface area contributed by atoms with E-state index >= 15 is 0 Å². The molecule has 0 fully saturated rings. The Morgan fingerprint density at radius 1 is 1.43 bits per heavy atom. The van der Waals surface area contributed by atoms with Gasteiger partial charge >= 0.3 is 5.97 Å². The second kappa shape index (κ2) is 6.62. The van der Waals surface area contributed by atoms with Crippen molar-refractivity contribution in [3.63, 3.8) is 0 Å². The third kappa shape index (κ3) is 3.29. The van der Waals surface area contributed by atoms with E-state index in [4.69, 9.17) is 4.74 Å². The van der Waals surface area contributed by atoms with Crippen LogP contribution in [0.1, 0.15) is 23.8 Å². The first-order valence-electron chi connectivity index (χ1n) is 6.70. The molecule has 2 heterocycles. The van der Waals surface area contributed by atoms with Crippen molar-refractivity contribution in [3.05, 3.63) is 20.8 Å². The van der Waals surface area contributed by atoms with Gasteiger partial charge in [0.05, 0.1) is 18.4 Å². The van der Waals surface area contributed by atoms with E-state index in [1.165, 1.54) is 23.1 Å². The Hall–Kier alpha value is -1.34. The first kappa shape index (κ1) is 16.0. The lowest BCUT2D eigenvalue weighted by atomic mass is 10.2. The van der Waals surface area contributed by atoms with Gasteiger partial charge in [-0.15, -0.1) is 11.3 Å². The maximum Gasteiger partial charge on any atom is 0.306 e. The number of thioether (sulfide) groups is 1. The number of carbonyl (C=O) groups excluding carboxylic acids is 1. The van der Waals surface area contributed by atoms with Crippen LogP contribution in [0.4, 0.5) is 0 Å². The lowest BCUT2D eigenvalue weighted by Crippen LogP contribution is -2.20. The van der Waals surface area contributed by atoms with Crippen molar-refractivity contribution in [1.29, 1.82) is 0 Å². The molecule has 0 spiro atoms. The van der Waals surface area contributed by atoms with Gasteiger partial charge in [0, 0.05) is 17.7 Å². The number of carbonyl (C=O) groups is 1. The summed E-state index contributed by atoms with van der Waals surface area (Å²) in [4.78, 5) is 30.2. The van der Waals surface area contributed by atoms with Crippen LogP contribution in [-0.2, 0) is 16.6 Å². The molecule has 7 heteroatoms. The molecule has 0 radical (unpaired) electrons. The Morgan fingerprint density at radius 2 is 2.14 bits per heavy atom. The highest BCUT2D eigenvalue weighted by molar-refractivity contribution is 7.99. The minimum absolute atomic E-state index is 0.0273. The molecule has 0 bridgehead atoms. The first-order valence-corrected chi connectivity index (χ1v) is 8.51. The van der Waals surface area contributed by atoms with E-state index in [0.29, 0.717) is 29.3 Å². The van der Waals surface area contributed by atoms with Crippen molar-refractivity contribution in [2.45, 2.75) is 32.3 Å². The minimum atomic E-state index is -0.223. The molecular weight excluding hydrogens is 308 g/mol. The molecule has 0 saturated heterocycles. The molecule has 0 atom stereocenters. The Kier molecular flexibility index (Phi) is 5.05. The zero-order valence-corrected chi connectivity index (χ0v) is 14.2. The number of aromatic nitrogens is 2. The lowest BCUT2D eigenvalue weighted by Gasteiger charge is -2.07. The largest absolute Gasteiger partial charge is 0.466 e. The molecule has 0 aromatic carbocycles. The fourth-order valence-corrected chi connectivity index (χ4v) is 3.91. The second-order valence-electron chi connectivity index (χ2n) is 4.63. The summed E-state index contributed by atoms with van der Waals surface area (Å²) in [6, 6.07) is 0. The number of esters is 1. The number of hydrogen-bond acceptors (Lipinski definition) is 6. The van der Waals surface area contributed by atoms with E-state index in [1.807, 2.05) is 13.8 Å².